The van der Waals surface area contributed by atoms with Gasteiger partial charge in [0.15, 0.2) is 5.16 Å². The van der Waals surface area contributed by atoms with E-state index in [0.29, 0.717) is 64.1 Å². The van der Waals surface area contributed by atoms with E-state index in [2.05, 4.69) is 10.3 Å². The Labute approximate surface area is 237 Å². The smallest absolute Gasteiger partial charge is 0.356 e. The molecule has 11 heteroatoms. The van der Waals surface area contributed by atoms with E-state index >= 15 is 0 Å². The van der Waals surface area contributed by atoms with E-state index in [9.17, 15) is 22.8 Å². The molecule has 0 saturated carbocycles. The third-order valence-corrected chi connectivity index (χ3v) is 7.55. The zero-order valence-electron chi connectivity index (χ0n) is 20.6. The van der Waals surface area contributed by atoms with E-state index in [0.717, 1.165) is 17.7 Å². The lowest BCUT2D eigenvalue weighted by Crippen LogP contribution is -2.25. The molecule has 1 heterocycles. The van der Waals surface area contributed by atoms with Crippen molar-refractivity contribution in [3.8, 4) is 5.69 Å². The summed E-state index contributed by atoms with van der Waals surface area (Å²) in [4.78, 5) is 30.1. The number of unbranched alkanes of at least 4 members (excludes halogenated alkanes) is 1. The molecule has 0 spiro atoms. The highest BCUT2D eigenvalue weighted by atomic mass is 35.5. The number of amides is 1. The summed E-state index contributed by atoms with van der Waals surface area (Å²) in [5.74, 6) is 0.437. The SMILES string of the molecule is O=C(CCCCSc1nc2ccccc2c(=O)n1-c1cccc(C(F)(F)F)c1)NCCc1ccc(Cl)cc1Cl. The fourth-order valence-electron chi connectivity index (χ4n) is 3.96. The molecule has 4 rings (SSSR count). The number of nitrogens with zero attached hydrogens (tertiary/aromatic N) is 2. The Balaban J connectivity index is 1.38. The number of fused-ring (bicyclic) bond motifs is 1. The number of hydrogen-bond donors (Lipinski definition) is 1. The van der Waals surface area contributed by atoms with Crippen LogP contribution in [0.3, 0.4) is 0 Å². The van der Waals surface area contributed by atoms with Gasteiger partial charge in [0.05, 0.1) is 22.2 Å². The number of halogens is 5. The molecule has 0 saturated heterocycles. The number of alkyl halides is 3. The summed E-state index contributed by atoms with van der Waals surface area (Å²) >= 11 is 13.3. The van der Waals surface area contributed by atoms with E-state index in [4.69, 9.17) is 23.2 Å². The van der Waals surface area contributed by atoms with Crippen LogP contribution in [0.25, 0.3) is 16.6 Å². The van der Waals surface area contributed by atoms with Crippen LogP contribution in [0, 0.1) is 0 Å². The van der Waals surface area contributed by atoms with E-state index in [1.807, 2.05) is 6.07 Å². The van der Waals surface area contributed by atoms with Crippen molar-refractivity contribution in [2.75, 3.05) is 12.3 Å². The first-order valence-corrected chi connectivity index (χ1v) is 13.9. The van der Waals surface area contributed by atoms with Gasteiger partial charge in [0.2, 0.25) is 5.91 Å². The van der Waals surface area contributed by atoms with Crippen molar-refractivity contribution in [2.45, 2.75) is 37.0 Å². The largest absolute Gasteiger partial charge is 0.416 e. The molecule has 4 aromatic rings. The predicted octanol–water partition coefficient (Wildman–Crippen LogP) is 7.33. The van der Waals surface area contributed by atoms with Gasteiger partial charge in [0, 0.05) is 28.8 Å². The first kappa shape index (κ1) is 29.0. The summed E-state index contributed by atoms with van der Waals surface area (Å²) in [7, 11) is 0. The summed E-state index contributed by atoms with van der Waals surface area (Å²) in [6.07, 6.45) is -2.40. The van der Waals surface area contributed by atoms with Gasteiger partial charge < -0.3 is 5.32 Å². The van der Waals surface area contributed by atoms with Crippen molar-refractivity contribution in [2.24, 2.45) is 0 Å². The van der Waals surface area contributed by atoms with Gasteiger partial charge >= 0.3 is 6.18 Å². The van der Waals surface area contributed by atoms with Crippen molar-refractivity contribution >= 4 is 51.8 Å². The number of carbonyl (C=O) groups is 1. The molecule has 0 aliphatic heterocycles. The van der Waals surface area contributed by atoms with Gasteiger partial charge in [-0.05, 0) is 67.3 Å². The lowest BCUT2D eigenvalue weighted by molar-refractivity contribution is -0.137. The van der Waals surface area contributed by atoms with Gasteiger partial charge in [0.1, 0.15) is 0 Å². The van der Waals surface area contributed by atoms with E-state index in [-0.39, 0.29) is 11.6 Å². The minimum absolute atomic E-state index is 0.0882. The lowest BCUT2D eigenvalue weighted by atomic mass is 10.1. The van der Waals surface area contributed by atoms with Gasteiger partial charge in [-0.1, -0.05) is 59.2 Å². The number of aromatic nitrogens is 2. The molecule has 1 aromatic heterocycles. The summed E-state index contributed by atoms with van der Waals surface area (Å²) in [5.41, 5.74) is 0.166. The molecule has 0 unspecified atom stereocenters. The first-order valence-electron chi connectivity index (χ1n) is 12.2. The Hall–Kier alpha value is -3.01. The summed E-state index contributed by atoms with van der Waals surface area (Å²) in [6, 6.07) is 16.6. The van der Waals surface area contributed by atoms with Crippen molar-refractivity contribution < 1.29 is 18.0 Å². The number of benzene rings is 3. The highest BCUT2D eigenvalue weighted by Crippen LogP contribution is 2.31. The molecule has 0 aliphatic carbocycles. The number of hydrogen-bond acceptors (Lipinski definition) is 4. The van der Waals surface area contributed by atoms with Crippen LogP contribution >= 0.6 is 35.0 Å². The number of nitrogens with one attached hydrogen (secondary N) is 1. The van der Waals surface area contributed by atoms with Crippen LogP contribution in [0.4, 0.5) is 13.2 Å². The number of carbonyl (C=O) groups excluding carboxylic acids is 1. The highest BCUT2D eigenvalue weighted by molar-refractivity contribution is 7.99. The van der Waals surface area contributed by atoms with Crippen LogP contribution in [0.15, 0.2) is 76.7 Å². The fourth-order valence-corrected chi connectivity index (χ4v) is 5.47. The Morgan fingerprint density at radius 3 is 2.56 bits per heavy atom. The molecule has 3 aromatic carbocycles. The zero-order chi connectivity index (χ0) is 28.0. The lowest BCUT2D eigenvalue weighted by Gasteiger charge is -2.15. The third-order valence-electron chi connectivity index (χ3n) is 5.94. The quantitative estimate of drug-likeness (QED) is 0.119. The van der Waals surface area contributed by atoms with Crippen LogP contribution < -0.4 is 10.9 Å². The van der Waals surface area contributed by atoms with Crippen molar-refractivity contribution in [1.82, 2.24) is 14.9 Å². The van der Waals surface area contributed by atoms with E-state index in [1.54, 1.807) is 36.4 Å². The number of rotatable bonds is 10. The summed E-state index contributed by atoms with van der Waals surface area (Å²) in [6.45, 7) is 0.444. The second-order valence-corrected chi connectivity index (χ2v) is 10.6. The molecule has 0 bridgehead atoms. The van der Waals surface area contributed by atoms with Crippen LogP contribution in [-0.4, -0.2) is 27.8 Å². The predicted molar refractivity (Wildman–Crippen MR) is 150 cm³/mol. The van der Waals surface area contributed by atoms with Gasteiger partial charge in [-0.3, -0.25) is 14.2 Å². The summed E-state index contributed by atoms with van der Waals surface area (Å²) < 4.78 is 41.2. The minimum Gasteiger partial charge on any atom is -0.356 e. The molecule has 0 fully saturated rings. The first-order chi connectivity index (χ1) is 18.6. The van der Waals surface area contributed by atoms with Crippen molar-refractivity contribution in [3.05, 3.63) is 98.3 Å². The number of thioether (sulfide) groups is 1. The standard InChI is InChI=1S/C28H24Cl2F3N3O2S/c29-20-12-11-18(23(30)17-20)13-14-34-25(37)10-3-4-15-39-27-35-24-9-2-1-8-22(24)26(38)36(27)21-7-5-6-19(16-21)28(31,32)33/h1-2,5-9,11-12,16-17H,3-4,10,13-15H2,(H,34,37). The maximum Gasteiger partial charge on any atom is 0.416 e. The molecule has 39 heavy (non-hydrogen) atoms. The molecular formula is C28H24Cl2F3N3O2S. The van der Waals surface area contributed by atoms with Gasteiger partial charge in [-0.2, -0.15) is 13.2 Å². The third kappa shape index (κ3) is 7.56. The normalized spacial score (nSPS) is 11.6. The molecule has 0 radical (unpaired) electrons. The van der Waals surface area contributed by atoms with Crippen LogP contribution in [0.5, 0.6) is 0 Å². The van der Waals surface area contributed by atoms with E-state index in [1.165, 1.54) is 28.5 Å². The molecule has 5 nitrogen and oxygen atoms in total. The Bertz CT molecular complexity index is 1540. The summed E-state index contributed by atoms with van der Waals surface area (Å²) in [5, 5.41) is 4.59. The molecule has 1 amide bonds. The molecule has 204 valence electrons. The van der Waals surface area contributed by atoms with Crippen LogP contribution in [-0.2, 0) is 17.4 Å². The Morgan fingerprint density at radius 1 is 1.00 bits per heavy atom. The van der Waals surface area contributed by atoms with Crippen molar-refractivity contribution in [1.29, 1.82) is 0 Å². The molecule has 0 aliphatic rings. The Kier molecular flexibility index (Phi) is 9.58. The Morgan fingerprint density at radius 2 is 1.79 bits per heavy atom. The maximum absolute atomic E-state index is 13.3. The molecule has 0 atom stereocenters. The monoisotopic (exact) mass is 593 g/mol. The average Bonchev–Trinajstić information content (AvgIpc) is 2.89. The van der Waals surface area contributed by atoms with E-state index < -0.39 is 17.3 Å². The molecule has 1 N–H and O–H groups in total. The molecular weight excluding hydrogens is 570 g/mol. The minimum atomic E-state index is -4.54. The second-order valence-electron chi connectivity index (χ2n) is 8.74. The number of para-hydroxylation sites is 1. The highest BCUT2D eigenvalue weighted by Gasteiger charge is 2.31. The van der Waals surface area contributed by atoms with Gasteiger partial charge in [-0.25, -0.2) is 4.98 Å². The fraction of sp³-hybridized carbons (Fsp3) is 0.250. The second kappa shape index (κ2) is 12.9. The van der Waals surface area contributed by atoms with Crippen LogP contribution in [0.1, 0.15) is 30.4 Å². The topological polar surface area (TPSA) is 64.0 Å². The average molecular weight is 594 g/mol. The van der Waals surface area contributed by atoms with Crippen LogP contribution in [0.2, 0.25) is 10.0 Å². The van der Waals surface area contributed by atoms with Gasteiger partial charge in [-0.15, -0.1) is 0 Å². The zero-order valence-corrected chi connectivity index (χ0v) is 22.9. The van der Waals surface area contributed by atoms with Crippen molar-refractivity contribution in [3.63, 3.8) is 0 Å². The van der Waals surface area contributed by atoms with Gasteiger partial charge in [0.25, 0.3) is 5.56 Å². The maximum atomic E-state index is 13.3.